The van der Waals surface area contributed by atoms with E-state index < -0.39 is 20.4 Å². The van der Waals surface area contributed by atoms with Crippen molar-refractivity contribution in [3.05, 3.63) is 28.3 Å². The molecule has 0 aliphatic rings. The minimum atomic E-state index is -3.75. The summed E-state index contributed by atoms with van der Waals surface area (Å²) in [5, 5.41) is 11.2. The third-order valence-corrected chi connectivity index (χ3v) is 4.58. The lowest BCUT2D eigenvalue weighted by atomic mass is 10.3. The average molecular weight is 322 g/mol. The Morgan fingerprint density at radius 1 is 1.40 bits per heavy atom. The summed E-state index contributed by atoms with van der Waals surface area (Å²) in [5.74, 6) is -0.0723. The molecule has 0 heterocycles. The minimum absolute atomic E-state index is 0.0243. The van der Waals surface area contributed by atoms with Crippen LogP contribution in [-0.2, 0) is 9.84 Å². The molecule has 1 rings (SSSR count). The van der Waals surface area contributed by atoms with Crippen LogP contribution in [0.15, 0.2) is 23.1 Å². The van der Waals surface area contributed by atoms with Crippen LogP contribution < -0.4 is 4.74 Å². The van der Waals surface area contributed by atoms with E-state index in [4.69, 9.17) is 16.3 Å². The van der Waals surface area contributed by atoms with Gasteiger partial charge >= 0.3 is 5.69 Å². The average Bonchev–Trinajstić information content (AvgIpc) is 2.42. The number of para-hydroxylation sites is 1. The number of nitro benzene ring substituents is 1. The van der Waals surface area contributed by atoms with Gasteiger partial charge in [0.25, 0.3) is 0 Å². The Kier molecular flexibility index (Phi) is 6.22. The summed E-state index contributed by atoms with van der Waals surface area (Å²) in [7, 11) is -3.75. The predicted molar refractivity (Wildman–Crippen MR) is 76.3 cm³/mol. The maximum absolute atomic E-state index is 12.1. The largest absolute Gasteiger partial charge is 0.487 e. The van der Waals surface area contributed by atoms with Crippen LogP contribution in [0.25, 0.3) is 0 Å². The van der Waals surface area contributed by atoms with Crippen molar-refractivity contribution >= 4 is 27.1 Å². The Morgan fingerprint density at radius 2 is 2.10 bits per heavy atom. The highest BCUT2D eigenvalue weighted by molar-refractivity contribution is 7.91. The van der Waals surface area contributed by atoms with Crippen molar-refractivity contribution in [1.82, 2.24) is 0 Å². The zero-order chi connectivity index (χ0) is 15.2. The summed E-state index contributed by atoms with van der Waals surface area (Å²) >= 11 is 5.47. The van der Waals surface area contributed by atoms with Gasteiger partial charge in [-0.1, -0.05) is 13.0 Å². The lowest BCUT2D eigenvalue weighted by Gasteiger charge is -2.09. The van der Waals surface area contributed by atoms with E-state index in [-0.39, 0.29) is 35.3 Å². The Balaban J connectivity index is 3.29. The smallest absolute Gasteiger partial charge is 0.329 e. The molecule has 0 spiro atoms. The van der Waals surface area contributed by atoms with Gasteiger partial charge in [0.15, 0.2) is 15.6 Å². The second-order valence-electron chi connectivity index (χ2n) is 4.07. The first-order chi connectivity index (χ1) is 9.44. The normalized spacial score (nSPS) is 11.3. The number of hydrogen-bond donors (Lipinski definition) is 0. The lowest BCUT2D eigenvalue weighted by molar-refractivity contribution is -0.388. The number of halogens is 1. The van der Waals surface area contributed by atoms with Crippen molar-refractivity contribution in [3.63, 3.8) is 0 Å². The molecule has 1 aromatic rings. The Hall–Kier alpha value is -1.34. The highest BCUT2D eigenvalue weighted by Crippen LogP contribution is 2.34. The van der Waals surface area contributed by atoms with Crippen LogP contribution >= 0.6 is 11.6 Å². The van der Waals surface area contributed by atoms with Crippen LogP contribution in [0.1, 0.15) is 19.8 Å². The number of hydrogen-bond acceptors (Lipinski definition) is 5. The molecular formula is C12H16ClNO5S. The zero-order valence-corrected chi connectivity index (χ0v) is 12.6. The van der Waals surface area contributed by atoms with Gasteiger partial charge in [-0.3, -0.25) is 10.1 Å². The molecule has 20 heavy (non-hydrogen) atoms. The van der Waals surface area contributed by atoms with Gasteiger partial charge in [-0.05, 0) is 25.0 Å². The number of nitrogens with zero attached hydrogens (tertiary/aromatic N) is 1. The fourth-order valence-corrected chi connectivity index (χ4v) is 3.41. The Labute approximate surface area is 122 Å². The van der Waals surface area contributed by atoms with Gasteiger partial charge in [0.1, 0.15) is 4.90 Å². The van der Waals surface area contributed by atoms with E-state index in [1.807, 2.05) is 6.92 Å². The third kappa shape index (κ3) is 4.08. The second-order valence-corrected chi connectivity index (χ2v) is 6.53. The molecule has 0 fully saturated rings. The summed E-state index contributed by atoms with van der Waals surface area (Å²) in [6, 6.07) is 4.06. The molecule has 0 atom stereocenters. The second kappa shape index (κ2) is 7.44. The van der Waals surface area contributed by atoms with Crippen LogP contribution in [0.5, 0.6) is 5.75 Å². The van der Waals surface area contributed by atoms with Gasteiger partial charge < -0.3 is 4.74 Å². The molecule has 0 aliphatic carbocycles. The number of sulfone groups is 1. The van der Waals surface area contributed by atoms with E-state index in [9.17, 15) is 18.5 Å². The van der Waals surface area contributed by atoms with Gasteiger partial charge in [0.05, 0.1) is 17.3 Å². The predicted octanol–water partition coefficient (Wildman–Crippen LogP) is 2.79. The van der Waals surface area contributed by atoms with Crippen molar-refractivity contribution in [2.24, 2.45) is 0 Å². The lowest BCUT2D eigenvalue weighted by Crippen LogP contribution is -2.11. The molecule has 0 saturated carbocycles. The van der Waals surface area contributed by atoms with Gasteiger partial charge in [0.2, 0.25) is 0 Å². The molecule has 112 valence electrons. The van der Waals surface area contributed by atoms with Gasteiger partial charge in [-0.2, -0.15) is 0 Å². The topological polar surface area (TPSA) is 86.5 Å². The maximum Gasteiger partial charge on any atom is 0.329 e. The molecule has 0 aromatic heterocycles. The van der Waals surface area contributed by atoms with Crippen LogP contribution in [0.4, 0.5) is 5.69 Å². The Bertz CT molecular complexity index is 573. The van der Waals surface area contributed by atoms with Crippen molar-refractivity contribution < 1.29 is 18.1 Å². The maximum atomic E-state index is 12.1. The van der Waals surface area contributed by atoms with Crippen LogP contribution in [-0.4, -0.2) is 31.6 Å². The highest BCUT2D eigenvalue weighted by atomic mass is 35.5. The van der Waals surface area contributed by atoms with Crippen LogP contribution in [0.2, 0.25) is 0 Å². The molecule has 6 nitrogen and oxygen atoms in total. The standard InChI is InChI=1S/C12H16ClNO5S/c1-2-8-19-10-5-3-6-11(12(10)14(15)16)20(17,18)9-4-7-13/h3,5-6H,2,4,7-9H2,1H3. The summed E-state index contributed by atoms with van der Waals surface area (Å²) in [6.45, 7) is 2.14. The SMILES string of the molecule is CCCOc1cccc(S(=O)(=O)CCCCl)c1[N+](=O)[O-]. The fourth-order valence-electron chi connectivity index (χ4n) is 1.62. The van der Waals surface area contributed by atoms with Crippen molar-refractivity contribution in [3.8, 4) is 5.75 Å². The Morgan fingerprint density at radius 3 is 2.65 bits per heavy atom. The number of alkyl halides is 1. The molecule has 0 N–H and O–H groups in total. The number of rotatable bonds is 8. The molecule has 0 unspecified atom stereocenters. The van der Waals surface area contributed by atoms with Crippen molar-refractivity contribution in [2.75, 3.05) is 18.2 Å². The van der Waals surface area contributed by atoms with Crippen molar-refractivity contribution in [1.29, 1.82) is 0 Å². The van der Waals surface area contributed by atoms with E-state index in [2.05, 4.69) is 0 Å². The van der Waals surface area contributed by atoms with Gasteiger partial charge in [-0.15, -0.1) is 11.6 Å². The molecule has 1 aromatic carbocycles. The van der Waals surface area contributed by atoms with Gasteiger partial charge in [-0.25, -0.2) is 8.42 Å². The molecule has 0 saturated heterocycles. The highest BCUT2D eigenvalue weighted by Gasteiger charge is 2.29. The van der Waals surface area contributed by atoms with E-state index in [0.717, 1.165) is 0 Å². The molecule has 0 amide bonds. The minimum Gasteiger partial charge on any atom is -0.487 e. The monoisotopic (exact) mass is 321 g/mol. The van der Waals surface area contributed by atoms with Gasteiger partial charge in [0, 0.05) is 5.88 Å². The molecule has 0 bridgehead atoms. The van der Waals surface area contributed by atoms with E-state index in [1.165, 1.54) is 18.2 Å². The first-order valence-corrected chi connectivity index (χ1v) is 8.31. The molecule has 8 heteroatoms. The van der Waals surface area contributed by atoms with Crippen LogP contribution in [0, 0.1) is 10.1 Å². The summed E-state index contributed by atoms with van der Waals surface area (Å²) < 4.78 is 29.5. The zero-order valence-electron chi connectivity index (χ0n) is 11.0. The van der Waals surface area contributed by atoms with Crippen LogP contribution in [0.3, 0.4) is 0 Å². The number of benzene rings is 1. The molecule has 0 aliphatic heterocycles. The van der Waals surface area contributed by atoms with E-state index in [1.54, 1.807) is 0 Å². The third-order valence-electron chi connectivity index (χ3n) is 2.49. The van der Waals surface area contributed by atoms with Crippen molar-refractivity contribution in [2.45, 2.75) is 24.7 Å². The fraction of sp³-hybridized carbons (Fsp3) is 0.500. The first kappa shape index (κ1) is 16.7. The first-order valence-electron chi connectivity index (χ1n) is 6.13. The molecular weight excluding hydrogens is 306 g/mol. The summed E-state index contributed by atoms with van der Waals surface area (Å²) in [5.41, 5.74) is -0.504. The van der Waals surface area contributed by atoms with E-state index in [0.29, 0.717) is 6.42 Å². The quantitative estimate of drug-likeness (QED) is 0.417. The number of ether oxygens (including phenoxy) is 1. The summed E-state index contributed by atoms with van der Waals surface area (Å²) in [6.07, 6.45) is 0.904. The molecule has 0 radical (unpaired) electrons. The summed E-state index contributed by atoms with van der Waals surface area (Å²) in [4.78, 5) is 10.1. The van der Waals surface area contributed by atoms with E-state index >= 15 is 0 Å². The number of nitro groups is 1.